The van der Waals surface area contributed by atoms with E-state index in [1.807, 2.05) is 56.4 Å². The third-order valence-corrected chi connectivity index (χ3v) is 1.31. The highest BCUT2D eigenvalue weighted by atomic mass is 35.5. The monoisotopic (exact) mass is 185 g/mol. The lowest BCUT2D eigenvalue weighted by molar-refractivity contribution is 0.505. The molecule has 0 radical (unpaired) electrons. The Labute approximate surface area is 80.0 Å². The van der Waals surface area contributed by atoms with Crippen LogP contribution in [0.2, 0.25) is 0 Å². The topological polar surface area (TPSA) is 3.24 Å². The number of rotatable bonds is 1. The van der Waals surface area contributed by atoms with E-state index in [0.29, 0.717) is 5.88 Å². The number of halogens is 1. The molecule has 2 heteroatoms. The molecule has 0 aromatic heterocycles. The van der Waals surface area contributed by atoms with Gasteiger partial charge in [0.2, 0.25) is 0 Å². The Morgan fingerprint density at radius 1 is 1.08 bits per heavy atom. The number of nitrogens with zero attached hydrogens (tertiary/aromatic N) is 1. The maximum absolute atomic E-state index is 5.53. The van der Waals surface area contributed by atoms with Gasteiger partial charge in [-0.2, -0.15) is 0 Å². The second-order valence-electron chi connectivity index (χ2n) is 2.96. The highest BCUT2D eigenvalue weighted by molar-refractivity contribution is 6.17. The summed E-state index contributed by atoms with van der Waals surface area (Å²) in [7, 11) is 6.00. The smallest absolute Gasteiger partial charge is 0.0474 e. The Morgan fingerprint density at radius 2 is 1.50 bits per heavy atom. The standard InChI is InChI=1S/C7H7Cl.C3H9N/c8-6-7-4-2-1-3-5-7;1-4(2)3/h1-5H,6H2;1-3H3. The van der Waals surface area contributed by atoms with Gasteiger partial charge in [0.1, 0.15) is 0 Å². The molecule has 0 N–H and O–H groups in total. The normalized spacial score (nSPS) is 9.08. The first-order chi connectivity index (χ1) is 5.66. The van der Waals surface area contributed by atoms with E-state index in [0.717, 1.165) is 0 Å². The first-order valence-electron chi connectivity index (χ1n) is 3.87. The summed E-state index contributed by atoms with van der Waals surface area (Å²) in [4.78, 5) is 2.00. The van der Waals surface area contributed by atoms with Crippen molar-refractivity contribution in [2.45, 2.75) is 5.88 Å². The van der Waals surface area contributed by atoms with E-state index >= 15 is 0 Å². The maximum atomic E-state index is 5.53. The summed E-state index contributed by atoms with van der Waals surface area (Å²) in [6.07, 6.45) is 0. The minimum Gasteiger partial charge on any atom is -0.312 e. The Bertz CT molecular complexity index is 182. The average molecular weight is 186 g/mol. The second kappa shape index (κ2) is 7.14. The van der Waals surface area contributed by atoms with Crippen LogP contribution >= 0.6 is 11.6 Å². The summed E-state index contributed by atoms with van der Waals surface area (Å²) in [5.41, 5.74) is 1.18. The van der Waals surface area contributed by atoms with Crippen LogP contribution in [0.3, 0.4) is 0 Å². The first kappa shape index (κ1) is 11.5. The van der Waals surface area contributed by atoms with E-state index in [9.17, 15) is 0 Å². The molecule has 0 aliphatic rings. The average Bonchev–Trinajstić information content (AvgIpc) is 2.05. The van der Waals surface area contributed by atoms with E-state index in [1.165, 1.54) is 5.56 Å². The molecule has 1 aromatic carbocycles. The number of benzene rings is 1. The molecule has 1 nitrogen and oxygen atoms in total. The van der Waals surface area contributed by atoms with Crippen LogP contribution in [0.4, 0.5) is 0 Å². The summed E-state index contributed by atoms with van der Waals surface area (Å²) in [6.45, 7) is 0. The lowest BCUT2D eigenvalue weighted by atomic mass is 10.2. The predicted octanol–water partition coefficient (Wildman–Crippen LogP) is 2.60. The number of hydrogen-bond acceptors (Lipinski definition) is 1. The zero-order valence-electron chi connectivity index (χ0n) is 7.92. The van der Waals surface area contributed by atoms with Crippen LogP contribution in [0.15, 0.2) is 30.3 Å². The van der Waals surface area contributed by atoms with Gasteiger partial charge in [-0.3, -0.25) is 0 Å². The summed E-state index contributed by atoms with van der Waals surface area (Å²) >= 11 is 5.53. The molecule has 1 rings (SSSR count). The van der Waals surface area contributed by atoms with Gasteiger partial charge in [-0.1, -0.05) is 30.3 Å². The molecule has 68 valence electrons. The zero-order chi connectivity index (χ0) is 9.40. The molecule has 1 aromatic rings. The summed E-state index contributed by atoms with van der Waals surface area (Å²) in [5, 5.41) is 0. The van der Waals surface area contributed by atoms with Crippen molar-refractivity contribution in [1.82, 2.24) is 4.90 Å². The predicted molar refractivity (Wildman–Crippen MR) is 55.6 cm³/mol. The fourth-order valence-corrected chi connectivity index (χ4v) is 0.745. The largest absolute Gasteiger partial charge is 0.312 e. The summed E-state index contributed by atoms with van der Waals surface area (Å²) in [6, 6.07) is 9.96. The van der Waals surface area contributed by atoms with Gasteiger partial charge >= 0.3 is 0 Å². The molecule has 0 fully saturated rings. The van der Waals surface area contributed by atoms with Gasteiger partial charge in [0, 0.05) is 5.88 Å². The van der Waals surface area contributed by atoms with E-state index in [1.54, 1.807) is 0 Å². The van der Waals surface area contributed by atoms with Gasteiger partial charge in [0.15, 0.2) is 0 Å². The van der Waals surface area contributed by atoms with Gasteiger partial charge in [0.05, 0.1) is 0 Å². The Hall–Kier alpha value is -0.530. The number of hydrogen-bond donors (Lipinski definition) is 0. The summed E-state index contributed by atoms with van der Waals surface area (Å²) < 4.78 is 0. The Morgan fingerprint density at radius 3 is 1.75 bits per heavy atom. The molecule has 0 unspecified atom stereocenters. The van der Waals surface area contributed by atoms with Crippen molar-refractivity contribution in [3.05, 3.63) is 35.9 Å². The van der Waals surface area contributed by atoms with Crippen LogP contribution in [-0.2, 0) is 5.88 Å². The zero-order valence-corrected chi connectivity index (χ0v) is 8.67. The molecule has 0 aliphatic heterocycles. The lowest BCUT2D eigenvalue weighted by Gasteiger charge is -1.90. The van der Waals surface area contributed by atoms with Gasteiger partial charge in [-0.25, -0.2) is 0 Å². The fraction of sp³-hybridized carbons (Fsp3) is 0.400. The quantitative estimate of drug-likeness (QED) is 0.608. The van der Waals surface area contributed by atoms with Crippen LogP contribution in [0.5, 0.6) is 0 Å². The Balaban J connectivity index is 0.000000261. The van der Waals surface area contributed by atoms with Crippen LogP contribution < -0.4 is 0 Å². The van der Waals surface area contributed by atoms with Gasteiger partial charge in [-0.15, -0.1) is 11.6 Å². The minimum absolute atomic E-state index is 0.612. The molecule has 12 heavy (non-hydrogen) atoms. The highest BCUT2D eigenvalue weighted by Crippen LogP contribution is 2.00. The minimum atomic E-state index is 0.612. The van der Waals surface area contributed by atoms with Crippen LogP contribution in [0.25, 0.3) is 0 Å². The van der Waals surface area contributed by atoms with Crippen LogP contribution in [-0.4, -0.2) is 26.0 Å². The molecule has 0 heterocycles. The SMILES string of the molecule is CN(C)C.ClCc1ccccc1. The van der Waals surface area contributed by atoms with Crippen LogP contribution in [0.1, 0.15) is 5.56 Å². The molecule has 0 bridgehead atoms. The van der Waals surface area contributed by atoms with Crippen molar-refractivity contribution in [3.8, 4) is 0 Å². The van der Waals surface area contributed by atoms with Crippen molar-refractivity contribution in [2.24, 2.45) is 0 Å². The number of alkyl halides is 1. The van der Waals surface area contributed by atoms with Crippen molar-refractivity contribution in [2.75, 3.05) is 21.1 Å². The van der Waals surface area contributed by atoms with E-state index in [2.05, 4.69) is 0 Å². The molecule has 0 saturated carbocycles. The Kier molecular flexibility index (Phi) is 6.82. The molecule has 0 saturated heterocycles. The molecular formula is C10H16ClN. The van der Waals surface area contributed by atoms with Gasteiger partial charge < -0.3 is 4.90 Å². The lowest BCUT2D eigenvalue weighted by Crippen LogP contribution is -1.99. The molecular weight excluding hydrogens is 170 g/mol. The summed E-state index contributed by atoms with van der Waals surface area (Å²) in [5.74, 6) is 0.612. The molecule has 0 spiro atoms. The van der Waals surface area contributed by atoms with E-state index in [4.69, 9.17) is 11.6 Å². The van der Waals surface area contributed by atoms with Crippen LogP contribution in [0, 0.1) is 0 Å². The van der Waals surface area contributed by atoms with Gasteiger partial charge in [-0.05, 0) is 26.7 Å². The third kappa shape index (κ3) is 7.58. The van der Waals surface area contributed by atoms with E-state index < -0.39 is 0 Å². The van der Waals surface area contributed by atoms with Crippen molar-refractivity contribution >= 4 is 11.6 Å². The van der Waals surface area contributed by atoms with Crippen molar-refractivity contribution in [1.29, 1.82) is 0 Å². The fourth-order valence-electron chi connectivity index (χ4n) is 0.567. The third-order valence-electron chi connectivity index (χ3n) is 0.997. The highest BCUT2D eigenvalue weighted by Gasteiger charge is 1.81. The van der Waals surface area contributed by atoms with Crippen molar-refractivity contribution in [3.63, 3.8) is 0 Å². The first-order valence-corrected chi connectivity index (χ1v) is 4.41. The molecule has 0 amide bonds. The second-order valence-corrected chi connectivity index (χ2v) is 3.23. The molecule has 0 aliphatic carbocycles. The maximum Gasteiger partial charge on any atom is 0.0474 e. The van der Waals surface area contributed by atoms with Crippen molar-refractivity contribution < 1.29 is 0 Å². The van der Waals surface area contributed by atoms with E-state index in [-0.39, 0.29) is 0 Å². The van der Waals surface area contributed by atoms with Gasteiger partial charge in [0.25, 0.3) is 0 Å². The molecule has 0 atom stereocenters.